The van der Waals surface area contributed by atoms with E-state index in [1.165, 1.54) is 22.7 Å². The van der Waals surface area contributed by atoms with Crippen LogP contribution in [0.1, 0.15) is 14.5 Å². The molecule has 7 heteroatoms. The highest BCUT2D eigenvalue weighted by atomic mass is 32.1. The third-order valence-electron chi connectivity index (χ3n) is 3.37. The van der Waals surface area contributed by atoms with Crippen molar-refractivity contribution in [2.24, 2.45) is 0 Å². The molecule has 124 valence electrons. The molecule has 0 aliphatic heterocycles. The van der Waals surface area contributed by atoms with Crippen molar-refractivity contribution >= 4 is 33.7 Å². The van der Waals surface area contributed by atoms with Crippen molar-refractivity contribution < 1.29 is 14.3 Å². The van der Waals surface area contributed by atoms with Gasteiger partial charge in [-0.2, -0.15) is 0 Å². The molecule has 1 amide bonds. The topological polar surface area (TPSA) is 60.5 Å². The molecular formula is C17H16N2O3S2. The predicted octanol–water partition coefficient (Wildman–Crippen LogP) is 4.45. The molecular weight excluding hydrogens is 344 g/mol. The molecule has 0 spiro atoms. The number of aromatic nitrogens is 1. The van der Waals surface area contributed by atoms with Crippen molar-refractivity contribution in [3.05, 3.63) is 45.5 Å². The van der Waals surface area contributed by atoms with Crippen molar-refractivity contribution in [3.63, 3.8) is 0 Å². The summed E-state index contributed by atoms with van der Waals surface area (Å²) in [4.78, 5) is 18.5. The number of hydrogen-bond acceptors (Lipinski definition) is 6. The van der Waals surface area contributed by atoms with E-state index in [0.29, 0.717) is 15.8 Å². The first-order chi connectivity index (χ1) is 11.6. The highest BCUT2D eigenvalue weighted by molar-refractivity contribution is 7.15. The summed E-state index contributed by atoms with van der Waals surface area (Å²) in [7, 11) is 3.22. The van der Waals surface area contributed by atoms with E-state index in [-0.39, 0.29) is 5.91 Å². The van der Waals surface area contributed by atoms with Crippen molar-refractivity contribution in [2.75, 3.05) is 19.5 Å². The van der Waals surface area contributed by atoms with Crippen molar-refractivity contribution in [2.45, 2.75) is 6.92 Å². The number of anilines is 1. The molecule has 0 bridgehead atoms. The van der Waals surface area contributed by atoms with Gasteiger partial charge >= 0.3 is 0 Å². The van der Waals surface area contributed by atoms with E-state index in [1.807, 2.05) is 42.6 Å². The average molecular weight is 360 g/mol. The van der Waals surface area contributed by atoms with Crippen LogP contribution in [0.2, 0.25) is 0 Å². The van der Waals surface area contributed by atoms with Gasteiger partial charge in [0.15, 0.2) is 5.13 Å². The number of hydrogen-bond donors (Lipinski definition) is 1. The molecule has 1 N–H and O–H groups in total. The number of benzene rings is 1. The van der Waals surface area contributed by atoms with E-state index >= 15 is 0 Å². The molecule has 2 aromatic heterocycles. The first kappa shape index (κ1) is 16.5. The first-order valence-electron chi connectivity index (χ1n) is 7.16. The molecule has 0 aliphatic carbocycles. The number of methoxy groups -OCH3 is 2. The van der Waals surface area contributed by atoms with Crippen LogP contribution in [0.5, 0.6) is 11.5 Å². The van der Waals surface area contributed by atoms with Crippen molar-refractivity contribution in [3.8, 4) is 22.8 Å². The van der Waals surface area contributed by atoms with Crippen LogP contribution < -0.4 is 14.8 Å². The Morgan fingerprint density at radius 2 is 2.00 bits per heavy atom. The lowest BCUT2D eigenvalue weighted by Crippen LogP contribution is -2.09. The Bertz CT molecular complexity index is 870. The molecule has 0 saturated heterocycles. The van der Waals surface area contributed by atoms with Crippen LogP contribution >= 0.6 is 22.7 Å². The molecule has 3 aromatic rings. The molecule has 5 nitrogen and oxygen atoms in total. The summed E-state index contributed by atoms with van der Waals surface area (Å²) in [6, 6.07) is 9.27. The number of ether oxygens (including phenoxy) is 2. The molecule has 2 heterocycles. The second kappa shape index (κ2) is 7.02. The van der Waals surface area contributed by atoms with Crippen LogP contribution in [0.3, 0.4) is 0 Å². The minimum atomic E-state index is -0.147. The Morgan fingerprint density at radius 3 is 2.67 bits per heavy atom. The number of nitrogens with zero attached hydrogens (tertiary/aromatic N) is 1. The fourth-order valence-corrected chi connectivity index (χ4v) is 3.65. The standard InChI is InChI=1S/C17H16N2O3S2/c1-10-4-7-15(24-10)16(20)19-17-18-13(9-23-17)12-8-11(21-2)5-6-14(12)22-3/h4-9H,1-3H3,(H,18,19,20). The zero-order valence-corrected chi connectivity index (χ0v) is 15.1. The number of thiazole rings is 1. The molecule has 0 atom stereocenters. The van der Waals surface area contributed by atoms with Crippen LogP contribution in [0, 0.1) is 6.92 Å². The van der Waals surface area contributed by atoms with Crippen LogP contribution in [0.4, 0.5) is 5.13 Å². The van der Waals surface area contributed by atoms with E-state index in [0.717, 1.165) is 21.9 Å². The summed E-state index contributed by atoms with van der Waals surface area (Å²) in [5.74, 6) is 1.28. The van der Waals surface area contributed by atoms with Gasteiger partial charge in [-0.15, -0.1) is 22.7 Å². The Hall–Kier alpha value is -2.38. The van der Waals surface area contributed by atoms with Gasteiger partial charge in [-0.25, -0.2) is 4.98 Å². The summed E-state index contributed by atoms with van der Waals surface area (Å²) >= 11 is 2.83. The summed E-state index contributed by atoms with van der Waals surface area (Å²) in [6.07, 6.45) is 0. The van der Waals surface area contributed by atoms with Crippen LogP contribution in [-0.4, -0.2) is 25.1 Å². The first-order valence-corrected chi connectivity index (χ1v) is 8.86. The Kier molecular flexibility index (Phi) is 4.82. The van der Waals surface area contributed by atoms with Crippen molar-refractivity contribution in [1.82, 2.24) is 4.98 Å². The number of thiophene rings is 1. The van der Waals surface area contributed by atoms with Gasteiger partial charge in [0.1, 0.15) is 11.5 Å². The molecule has 24 heavy (non-hydrogen) atoms. The number of amides is 1. The maximum atomic E-state index is 12.2. The number of nitrogens with one attached hydrogen (secondary N) is 1. The van der Waals surface area contributed by atoms with E-state index < -0.39 is 0 Å². The molecule has 0 saturated carbocycles. The normalized spacial score (nSPS) is 10.5. The summed E-state index contributed by atoms with van der Waals surface area (Å²) in [5, 5.41) is 5.26. The van der Waals surface area contributed by atoms with Crippen LogP contribution in [0.15, 0.2) is 35.7 Å². The number of carbonyl (C=O) groups excluding carboxylic acids is 1. The predicted molar refractivity (Wildman–Crippen MR) is 97.7 cm³/mol. The van der Waals surface area contributed by atoms with Gasteiger partial charge in [0, 0.05) is 15.8 Å². The van der Waals surface area contributed by atoms with Crippen LogP contribution in [-0.2, 0) is 0 Å². The SMILES string of the molecule is COc1ccc(OC)c(-c2csc(NC(=O)c3ccc(C)s3)n2)c1. The lowest BCUT2D eigenvalue weighted by molar-refractivity contribution is 0.103. The molecule has 3 rings (SSSR count). The van der Waals surface area contributed by atoms with Gasteiger partial charge in [0.2, 0.25) is 0 Å². The minimum Gasteiger partial charge on any atom is -0.497 e. The highest BCUT2D eigenvalue weighted by Gasteiger charge is 2.14. The Morgan fingerprint density at radius 1 is 1.17 bits per heavy atom. The van der Waals surface area contributed by atoms with E-state index in [4.69, 9.17) is 9.47 Å². The second-order valence-electron chi connectivity index (χ2n) is 4.97. The molecule has 0 radical (unpaired) electrons. The smallest absolute Gasteiger partial charge is 0.267 e. The second-order valence-corrected chi connectivity index (χ2v) is 7.11. The van der Waals surface area contributed by atoms with E-state index in [2.05, 4.69) is 10.3 Å². The number of rotatable bonds is 5. The molecule has 0 unspecified atom stereocenters. The highest BCUT2D eigenvalue weighted by Crippen LogP contribution is 2.35. The van der Waals surface area contributed by atoms with Crippen LogP contribution in [0.25, 0.3) is 11.3 Å². The fourth-order valence-electron chi connectivity index (χ4n) is 2.18. The van der Waals surface area contributed by atoms with E-state index in [1.54, 1.807) is 14.2 Å². The monoisotopic (exact) mass is 360 g/mol. The van der Waals surface area contributed by atoms with Gasteiger partial charge < -0.3 is 9.47 Å². The fraction of sp³-hybridized carbons (Fsp3) is 0.176. The molecule has 1 aromatic carbocycles. The zero-order valence-electron chi connectivity index (χ0n) is 13.5. The lowest BCUT2D eigenvalue weighted by Gasteiger charge is -2.08. The summed E-state index contributed by atoms with van der Waals surface area (Å²) in [6.45, 7) is 1.97. The Balaban J connectivity index is 1.84. The van der Waals surface area contributed by atoms with Gasteiger partial charge in [-0.3, -0.25) is 10.1 Å². The summed E-state index contributed by atoms with van der Waals surface area (Å²) in [5.41, 5.74) is 1.55. The van der Waals surface area contributed by atoms with Gasteiger partial charge in [-0.1, -0.05) is 0 Å². The zero-order chi connectivity index (χ0) is 17.1. The Labute approximate surface area is 147 Å². The van der Waals surface area contributed by atoms with Gasteiger partial charge in [0.25, 0.3) is 5.91 Å². The van der Waals surface area contributed by atoms with Crippen molar-refractivity contribution in [1.29, 1.82) is 0 Å². The third kappa shape index (κ3) is 3.42. The number of aryl methyl sites for hydroxylation is 1. The van der Waals surface area contributed by atoms with Gasteiger partial charge in [-0.05, 0) is 37.3 Å². The molecule has 0 fully saturated rings. The van der Waals surface area contributed by atoms with E-state index in [9.17, 15) is 4.79 Å². The largest absolute Gasteiger partial charge is 0.497 e. The lowest BCUT2D eigenvalue weighted by atomic mass is 10.1. The third-order valence-corrected chi connectivity index (χ3v) is 5.13. The molecule has 0 aliphatic rings. The van der Waals surface area contributed by atoms with Gasteiger partial charge in [0.05, 0.1) is 24.8 Å². The minimum absolute atomic E-state index is 0.147. The number of carbonyl (C=O) groups is 1. The maximum Gasteiger partial charge on any atom is 0.267 e. The quantitative estimate of drug-likeness (QED) is 0.730. The maximum absolute atomic E-state index is 12.2. The summed E-state index contributed by atoms with van der Waals surface area (Å²) < 4.78 is 10.6. The average Bonchev–Trinajstić information content (AvgIpc) is 3.23.